The quantitative estimate of drug-likeness (QED) is 0.529. The summed E-state index contributed by atoms with van der Waals surface area (Å²) in [5.41, 5.74) is 0.132. The van der Waals surface area contributed by atoms with E-state index in [1.165, 1.54) is 4.68 Å². The van der Waals surface area contributed by atoms with Crippen LogP contribution in [-0.2, 0) is 13.2 Å². The van der Waals surface area contributed by atoms with Gasteiger partial charge in [0.15, 0.2) is 11.4 Å². The molecule has 1 saturated heterocycles. The topological polar surface area (TPSA) is 75.9 Å². The third kappa shape index (κ3) is 5.41. The molecule has 7 nitrogen and oxygen atoms in total. The average Bonchev–Trinajstić information content (AvgIpc) is 3.19. The van der Waals surface area contributed by atoms with E-state index in [4.69, 9.17) is 0 Å². The van der Waals surface area contributed by atoms with Crippen molar-refractivity contribution in [2.45, 2.75) is 31.5 Å². The number of carbonyl (C=O) groups is 1. The van der Waals surface area contributed by atoms with E-state index in [9.17, 15) is 26.7 Å². The summed E-state index contributed by atoms with van der Waals surface area (Å²) in [6.45, 7) is 0.803. The number of hydrogen-bond acceptors (Lipinski definition) is 5. The molecule has 186 valence electrons. The molecule has 0 spiro atoms. The zero-order valence-electron chi connectivity index (χ0n) is 18.9. The van der Waals surface area contributed by atoms with Crippen LogP contribution in [0.2, 0.25) is 0 Å². The minimum absolute atomic E-state index is 0.00344. The van der Waals surface area contributed by atoms with Gasteiger partial charge in [-0.1, -0.05) is 37.3 Å². The Balaban J connectivity index is 1.60. The number of nitrogens with one attached hydrogen (secondary N) is 1. The van der Waals surface area contributed by atoms with Gasteiger partial charge in [0.25, 0.3) is 11.8 Å². The van der Waals surface area contributed by atoms with Crippen molar-refractivity contribution in [2.24, 2.45) is 13.0 Å². The number of carbonyl (C=O) groups excluding carboxylic acids is 1. The van der Waals surface area contributed by atoms with Gasteiger partial charge >= 0.3 is 6.18 Å². The van der Waals surface area contributed by atoms with Crippen LogP contribution in [-0.4, -0.2) is 55.6 Å². The maximum Gasteiger partial charge on any atom is 0.434 e. The molecule has 0 radical (unpaired) electrons. The highest BCUT2D eigenvalue weighted by Gasteiger charge is 2.46. The molecule has 1 N–H and O–H groups in total. The summed E-state index contributed by atoms with van der Waals surface area (Å²) in [5, 5.41) is 7.08. The first-order valence-electron chi connectivity index (χ1n) is 10.9. The monoisotopic (exact) mass is 494 g/mol. The van der Waals surface area contributed by atoms with Crippen molar-refractivity contribution in [2.75, 3.05) is 18.4 Å². The fourth-order valence-corrected chi connectivity index (χ4v) is 4.27. The second-order valence-corrected chi connectivity index (χ2v) is 8.63. The molecule has 1 aliphatic rings. The van der Waals surface area contributed by atoms with E-state index in [-0.39, 0.29) is 18.1 Å². The molecule has 3 heterocycles. The standard InChI is InChI=1S/C23H23F5N6O/c1-14-8-22(24,25)13-34(17(14)9-30-19-11-29-18(10-31-19)23(26,27)28)21(35)20-16(12-33(2)32-20)15-6-4-3-5-7-15/h3-7,10-12,14,17H,8-9,13H2,1-2H3,(H,30,31)/t14-,17?/m1/s1. The molecule has 1 fully saturated rings. The molecule has 1 aromatic carbocycles. The van der Waals surface area contributed by atoms with Crippen molar-refractivity contribution in [3.05, 3.63) is 60.3 Å². The summed E-state index contributed by atoms with van der Waals surface area (Å²) < 4.78 is 68.7. The van der Waals surface area contributed by atoms with Gasteiger partial charge in [0.1, 0.15) is 5.82 Å². The van der Waals surface area contributed by atoms with Crippen molar-refractivity contribution < 1.29 is 26.7 Å². The molecule has 2 aromatic heterocycles. The molecular weight excluding hydrogens is 471 g/mol. The van der Waals surface area contributed by atoms with E-state index in [1.54, 1.807) is 44.4 Å². The van der Waals surface area contributed by atoms with Crippen molar-refractivity contribution in [1.29, 1.82) is 0 Å². The van der Waals surface area contributed by atoms with E-state index in [1.807, 2.05) is 6.07 Å². The number of nitrogens with zero attached hydrogens (tertiary/aromatic N) is 5. The van der Waals surface area contributed by atoms with Crippen molar-refractivity contribution >= 4 is 11.7 Å². The van der Waals surface area contributed by atoms with E-state index >= 15 is 0 Å². The highest BCUT2D eigenvalue weighted by Crippen LogP contribution is 2.36. The van der Waals surface area contributed by atoms with E-state index in [2.05, 4.69) is 20.4 Å². The Kier molecular flexibility index (Phi) is 6.48. The number of hydrogen-bond donors (Lipinski definition) is 1. The lowest BCUT2D eigenvalue weighted by atomic mass is 9.88. The second-order valence-electron chi connectivity index (χ2n) is 8.63. The molecule has 4 rings (SSSR count). The summed E-state index contributed by atoms with van der Waals surface area (Å²) in [7, 11) is 1.64. The highest BCUT2D eigenvalue weighted by molar-refractivity contribution is 5.99. The predicted molar refractivity (Wildman–Crippen MR) is 118 cm³/mol. The van der Waals surface area contributed by atoms with Crippen LogP contribution in [0.3, 0.4) is 0 Å². The molecule has 0 bridgehead atoms. The van der Waals surface area contributed by atoms with Gasteiger partial charge in [-0.25, -0.2) is 18.7 Å². The first-order chi connectivity index (χ1) is 16.4. The molecular formula is C23H23F5N6O. The summed E-state index contributed by atoms with van der Waals surface area (Å²) in [5.74, 6) is -4.32. The molecule has 35 heavy (non-hydrogen) atoms. The van der Waals surface area contributed by atoms with Gasteiger partial charge in [0, 0.05) is 31.8 Å². The Morgan fingerprint density at radius 3 is 2.51 bits per heavy atom. The van der Waals surface area contributed by atoms with Crippen LogP contribution in [0.1, 0.15) is 29.5 Å². The van der Waals surface area contributed by atoms with Crippen LogP contribution in [0.4, 0.5) is 27.8 Å². The summed E-state index contributed by atoms with van der Waals surface area (Å²) in [6.07, 6.45) is -1.90. The van der Waals surface area contributed by atoms with E-state index < -0.39 is 48.6 Å². The fraction of sp³-hybridized carbons (Fsp3) is 0.391. The minimum Gasteiger partial charge on any atom is -0.367 e. The number of anilines is 1. The zero-order chi connectivity index (χ0) is 25.4. The van der Waals surface area contributed by atoms with Crippen molar-refractivity contribution in [3.63, 3.8) is 0 Å². The smallest absolute Gasteiger partial charge is 0.367 e. The number of alkyl halides is 5. The number of amides is 1. The number of rotatable bonds is 5. The average molecular weight is 494 g/mol. The maximum atomic E-state index is 14.5. The first kappa shape index (κ1) is 24.6. The van der Waals surface area contributed by atoms with Gasteiger partial charge in [-0.3, -0.25) is 9.48 Å². The SMILES string of the molecule is C[C@@H]1CC(F)(F)CN(C(=O)c2nn(C)cc2-c2ccccc2)C1CNc1cnc(C(F)(F)F)cn1. The van der Waals surface area contributed by atoms with E-state index in [0.29, 0.717) is 11.8 Å². The van der Waals surface area contributed by atoms with Gasteiger partial charge in [-0.15, -0.1) is 0 Å². The normalized spacial score (nSPS) is 20.0. The highest BCUT2D eigenvalue weighted by atomic mass is 19.4. The minimum atomic E-state index is -4.63. The summed E-state index contributed by atoms with van der Waals surface area (Å²) >= 11 is 0. The zero-order valence-corrected chi connectivity index (χ0v) is 18.9. The molecule has 1 unspecified atom stereocenters. The molecule has 0 saturated carbocycles. The third-order valence-corrected chi connectivity index (χ3v) is 5.89. The fourth-order valence-electron chi connectivity index (χ4n) is 4.27. The number of halogens is 5. The number of aromatic nitrogens is 4. The summed E-state index contributed by atoms with van der Waals surface area (Å²) in [4.78, 5) is 21.7. The lowest BCUT2D eigenvalue weighted by Gasteiger charge is -2.43. The van der Waals surface area contributed by atoms with Crippen LogP contribution in [0.15, 0.2) is 48.9 Å². The molecule has 1 amide bonds. The predicted octanol–water partition coefficient (Wildman–Crippen LogP) is 4.49. The Labute approximate surface area is 198 Å². The Morgan fingerprint density at radius 1 is 1.17 bits per heavy atom. The first-order valence-corrected chi connectivity index (χ1v) is 10.9. The van der Waals surface area contributed by atoms with Crippen molar-refractivity contribution in [3.8, 4) is 11.1 Å². The Hall–Kier alpha value is -3.57. The molecule has 0 aliphatic carbocycles. The number of benzene rings is 1. The lowest BCUT2D eigenvalue weighted by molar-refractivity contribution is -0.141. The molecule has 12 heteroatoms. The number of aryl methyl sites for hydroxylation is 1. The number of piperidine rings is 1. The van der Waals surface area contributed by atoms with Crippen molar-refractivity contribution in [1.82, 2.24) is 24.6 Å². The molecule has 2 atom stereocenters. The second kappa shape index (κ2) is 9.23. The number of likely N-dealkylation sites (tertiary alicyclic amines) is 1. The van der Waals surface area contributed by atoms with Gasteiger partial charge in [0.05, 0.1) is 25.0 Å². The largest absolute Gasteiger partial charge is 0.434 e. The van der Waals surface area contributed by atoms with E-state index in [0.717, 1.165) is 16.7 Å². The molecule has 1 aliphatic heterocycles. The Bertz CT molecular complexity index is 1180. The summed E-state index contributed by atoms with van der Waals surface area (Å²) in [6, 6.07) is 8.32. The maximum absolute atomic E-state index is 14.5. The molecule has 3 aromatic rings. The van der Waals surface area contributed by atoms with Crippen LogP contribution in [0.25, 0.3) is 11.1 Å². The third-order valence-electron chi connectivity index (χ3n) is 5.89. The Morgan fingerprint density at radius 2 is 1.89 bits per heavy atom. The van der Waals surface area contributed by atoms with Crippen LogP contribution >= 0.6 is 0 Å². The van der Waals surface area contributed by atoms with Gasteiger partial charge < -0.3 is 10.2 Å². The van der Waals surface area contributed by atoms with Gasteiger partial charge in [-0.05, 0) is 11.5 Å². The van der Waals surface area contributed by atoms with Crippen LogP contribution < -0.4 is 5.32 Å². The van der Waals surface area contributed by atoms with Gasteiger partial charge in [0.2, 0.25) is 0 Å². The van der Waals surface area contributed by atoms with Gasteiger partial charge in [-0.2, -0.15) is 18.3 Å². The lowest BCUT2D eigenvalue weighted by Crippen LogP contribution is -2.57. The van der Waals surface area contributed by atoms with Crippen LogP contribution in [0, 0.1) is 5.92 Å². The van der Waals surface area contributed by atoms with Crippen LogP contribution in [0.5, 0.6) is 0 Å².